The van der Waals surface area contributed by atoms with E-state index in [2.05, 4.69) is 444 Å². The molecule has 0 N–H and O–H groups in total. The SMILES string of the molecule is c1ccc(-c2ccc(-c3ccc(N(c4ccc5ccc6c(c5c4)c4ccccc4n6-c4ccccc4)c4ccccc4-c4ccccc4)cc3)cc2)cc1.c1ccc(-c2ccc(N(c3ccc4ccc5c(c4c3)c3ccccc3n5-c3ccc4ccccc4c3)c3ccccc3-c3ccccc3)cc2)cc1. The summed E-state index contributed by atoms with van der Waals surface area (Å²) >= 11 is 0. The van der Waals surface area contributed by atoms with E-state index in [1.165, 1.54) is 132 Å². The molecule has 0 amide bonds. The van der Waals surface area contributed by atoms with Gasteiger partial charge in [0.15, 0.2) is 0 Å². The first-order valence-corrected chi connectivity index (χ1v) is 36.4. The normalized spacial score (nSPS) is 11.4. The lowest BCUT2D eigenvalue weighted by molar-refractivity contribution is 1.18. The van der Waals surface area contributed by atoms with Gasteiger partial charge in [-0.1, -0.05) is 315 Å². The van der Waals surface area contributed by atoms with Crippen molar-refractivity contribution in [2.75, 3.05) is 9.80 Å². The third-order valence-corrected chi connectivity index (χ3v) is 20.9. The van der Waals surface area contributed by atoms with Gasteiger partial charge in [-0.2, -0.15) is 0 Å². The van der Waals surface area contributed by atoms with Gasteiger partial charge in [-0.3, -0.25) is 0 Å². The summed E-state index contributed by atoms with van der Waals surface area (Å²) < 4.78 is 4.82. The number of fused-ring (bicyclic) bond motifs is 11. The zero-order chi connectivity index (χ0) is 70.3. The summed E-state index contributed by atoms with van der Waals surface area (Å²) in [5, 5.41) is 12.4. The first kappa shape index (κ1) is 62.9. The Kier molecular flexibility index (Phi) is 16.2. The maximum Gasteiger partial charge on any atom is 0.0547 e. The van der Waals surface area contributed by atoms with Crippen molar-refractivity contribution < 1.29 is 0 Å². The van der Waals surface area contributed by atoms with Crippen LogP contribution in [0.1, 0.15) is 0 Å². The van der Waals surface area contributed by atoms with Gasteiger partial charge in [0.25, 0.3) is 0 Å². The van der Waals surface area contributed by atoms with Crippen LogP contribution in [0.15, 0.2) is 425 Å². The number of aromatic nitrogens is 2. The summed E-state index contributed by atoms with van der Waals surface area (Å²) in [6, 6.07) is 154. The second-order valence-corrected chi connectivity index (χ2v) is 27.1. The monoisotopic (exact) mass is 1350 g/mol. The molecule has 0 fully saturated rings. The van der Waals surface area contributed by atoms with Crippen molar-refractivity contribution in [3.8, 4) is 67.0 Å². The van der Waals surface area contributed by atoms with E-state index in [1.807, 2.05) is 0 Å². The molecule has 20 aromatic rings. The smallest absolute Gasteiger partial charge is 0.0547 e. The average Bonchev–Trinajstić information content (AvgIpc) is 1.63. The molecular weight excluding hydrogens is 1280 g/mol. The van der Waals surface area contributed by atoms with Crippen molar-refractivity contribution in [3.63, 3.8) is 0 Å². The first-order chi connectivity index (χ1) is 52.6. The van der Waals surface area contributed by atoms with E-state index in [0.29, 0.717) is 0 Å². The molecule has 18 aromatic carbocycles. The quantitative estimate of drug-likeness (QED) is 0.114. The third-order valence-electron chi connectivity index (χ3n) is 20.9. The lowest BCUT2D eigenvalue weighted by atomic mass is 9.98. The van der Waals surface area contributed by atoms with Gasteiger partial charge in [0.1, 0.15) is 0 Å². The number of hydrogen-bond donors (Lipinski definition) is 0. The van der Waals surface area contributed by atoms with E-state index in [1.54, 1.807) is 0 Å². The predicted molar refractivity (Wildman–Crippen MR) is 451 cm³/mol. The average molecular weight is 1350 g/mol. The molecule has 498 valence electrons. The Bertz CT molecular complexity index is 6590. The fourth-order valence-electron chi connectivity index (χ4n) is 15.9. The van der Waals surface area contributed by atoms with Crippen molar-refractivity contribution in [2.45, 2.75) is 0 Å². The van der Waals surface area contributed by atoms with Crippen LogP contribution in [0.3, 0.4) is 0 Å². The highest BCUT2D eigenvalue weighted by Crippen LogP contribution is 2.48. The highest BCUT2D eigenvalue weighted by molar-refractivity contribution is 6.23. The molecule has 20 rings (SSSR count). The van der Waals surface area contributed by atoms with Crippen molar-refractivity contribution in [2.24, 2.45) is 0 Å². The summed E-state index contributed by atoms with van der Waals surface area (Å²) in [5.41, 5.74) is 25.8. The zero-order valence-electron chi connectivity index (χ0n) is 58.2. The lowest BCUT2D eigenvalue weighted by Gasteiger charge is -2.28. The van der Waals surface area contributed by atoms with E-state index < -0.39 is 0 Å². The van der Waals surface area contributed by atoms with Gasteiger partial charge in [0.2, 0.25) is 0 Å². The van der Waals surface area contributed by atoms with Crippen molar-refractivity contribution in [1.29, 1.82) is 0 Å². The van der Waals surface area contributed by atoms with Gasteiger partial charge < -0.3 is 18.9 Å². The number of anilines is 6. The summed E-state index contributed by atoms with van der Waals surface area (Å²) in [7, 11) is 0. The van der Waals surface area contributed by atoms with Crippen LogP contribution in [0, 0.1) is 0 Å². The van der Waals surface area contributed by atoms with Crippen LogP contribution in [-0.4, -0.2) is 9.13 Å². The van der Waals surface area contributed by atoms with Crippen LogP contribution in [0.2, 0.25) is 0 Å². The third kappa shape index (κ3) is 11.6. The molecule has 2 heterocycles. The van der Waals surface area contributed by atoms with Crippen LogP contribution < -0.4 is 9.80 Å². The predicted octanol–water partition coefficient (Wildman–Crippen LogP) is 28.3. The summed E-state index contributed by atoms with van der Waals surface area (Å²) in [6.07, 6.45) is 0. The minimum absolute atomic E-state index is 1.10. The summed E-state index contributed by atoms with van der Waals surface area (Å²) in [5.74, 6) is 0. The lowest BCUT2D eigenvalue weighted by Crippen LogP contribution is -2.11. The number of hydrogen-bond acceptors (Lipinski definition) is 2. The molecule has 0 aliphatic rings. The molecule has 4 heteroatoms. The maximum atomic E-state index is 2.42. The Morgan fingerprint density at radius 2 is 0.491 bits per heavy atom. The molecule has 0 atom stereocenters. The highest BCUT2D eigenvalue weighted by Gasteiger charge is 2.24. The van der Waals surface area contributed by atoms with Crippen molar-refractivity contribution in [1.82, 2.24) is 9.13 Å². The Balaban J connectivity index is 0.000000145. The largest absolute Gasteiger partial charge is 0.310 e. The highest BCUT2D eigenvalue weighted by atomic mass is 15.2. The van der Waals surface area contributed by atoms with Gasteiger partial charge in [0.05, 0.1) is 33.4 Å². The molecule has 0 aliphatic carbocycles. The first-order valence-electron chi connectivity index (χ1n) is 36.4. The van der Waals surface area contributed by atoms with Crippen molar-refractivity contribution in [3.05, 3.63) is 425 Å². The Morgan fingerprint density at radius 3 is 0.943 bits per heavy atom. The molecule has 0 aliphatic heterocycles. The summed E-state index contributed by atoms with van der Waals surface area (Å²) in [4.78, 5) is 4.83. The van der Waals surface area contributed by atoms with E-state index in [-0.39, 0.29) is 0 Å². The Morgan fingerprint density at radius 1 is 0.170 bits per heavy atom. The molecule has 106 heavy (non-hydrogen) atoms. The van der Waals surface area contributed by atoms with Gasteiger partial charge in [-0.05, 0) is 186 Å². The zero-order valence-corrected chi connectivity index (χ0v) is 58.2. The Labute approximate surface area is 616 Å². The van der Waals surface area contributed by atoms with Gasteiger partial charge >= 0.3 is 0 Å². The van der Waals surface area contributed by atoms with E-state index in [9.17, 15) is 0 Å². The molecule has 0 radical (unpaired) electrons. The molecule has 0 unspecified atom stereocenters. The van der Waals surface area contributed by atoms with Crippen LogP contribution in [-0.2, 0) is 0 Å². The van der Waals surface area contributed by atoms with E-state index in [4.69, 9.17) is 0 Å². The second-order valence-electron chi connectivity index (χ2n) is 27.1. The fraction of sp³-hybridized carbons (Fsp3) is 0. The second kappa shape index (κ2) is 27.4. The van der Waals surface area contributed by atoms with Crippen LogP contribution >= 0.6 is 0 Å². The number of benzene rings is 18. The van der Waals surface area contributed by atoms with E-state index >= 15 is 0 Å². The van der Waals surface area contributed by atoms with E-state index in [0.717, 1.165) is 45.5 Å². The Hall–Kier alpha value is -14.1. The molecule has 0 saturated heterocycles. The number of rotatable bonds is 13. The fourth-order valence-corrected chi connectivity index (χ4v) is 15.9. The van der Waals surface area contributed by atoms with Gasteiger partial charge in [-0.15, -0.1) is 0 Å². The molecular formula is C102H70N4. The van der Waals surface area contributed by atoms with Crippen LogP contribution in [0.5, 0.6) is 0 Å². The molecule has 0 spiro atoms. The maximum absolute atomic E-state index is 2.42. The minimum atomic E-state index is 1.10. The van der Waals surface area contributed by atoms with Gasteiger partial charge in [-0.25, -0.2) is 0 Å². The molecule has 0 saturated carbocycles. The molecule has 0 bridgehead atoms. The molecule has 4 nitrogen and oxygen atoms in total. The van der Waals surface area contributed by atoms with Crippen LogP contribution in [0.25, 0.3) is 143 Å². The van der Waals surface area contributed by atoms with Gasteiger partial charge in [0, 0.05) is 66.8 Å². The number of para-hydroxylation sites is 5. The van der Waals surface area contributed by atoms with Crippen LogP contribution in [0.4, 0.5) is 34.1 Å². The number of nitrogens with zero attached hydrogens (tertiary/aromatic N) is 4. The molecule has 2 aromatic heterocycles. The van der Waals surface area contributed by atoms with Crippen molar-refractivity contribution >= 4 is 110 Å². The summed E-state index contributed by atoms with van der Waals surface area (Å²) in [6.45, 7) is 0. The minimum Gasteiger partial charge on any atom is -0.310 e. The topological polar surface area (TPSA) is 16.3 Å². The standard InChI is InChI=1S/C52H36N2.C50H34N2/c1-4-14-37(15-5-1)38-24-26-39(27-25-38)40-28-32-44(33-29-40)53(49-22-12-10-20-46(49)41-16-6-2-7-17-41)45-34-30-42-31-35-51-52(48(42)36-45)47-21-11-13-23-50(47)54(51)43-18-8-3-9-19-43;1-3-13-35(14-4-1)37-23-28-41(29-24-37)51(47-21-11-9-19-44(47)38-16-5-2-6-17-38)43-31-26-39-27-32-49-50(46(39)34-43)45-20-10-12-22-48(45)52(49)42-30-25-36-15-7-8-18-40(36)33-42/h1-36H;1-34H.